The minimum absolute atomic E-state index is 0.00997. The molecule has 1 aromatic heterocycles. The van der Waals surface area contributed by atoms with Gasteiger partial charge in [0.25, 0.3) is 0 Å². The van der Waals surface area contributed by atoms with Crippen LogP contribution in [0.15, 0.2) is 41.4 Å². The molecule has 0 bridgehead atoms. The fourth-order valence-corrected chi connectivity index (χ4v) is 3.54. The van der Waals surface area contributed by atoms with Gasteiger partial charge in [0, 0.05) is 31.0 Å². The highest BCUT2D eigenvalue weighted by Crippen LogP contribution is 2.27. The highest BCUT2D eigenvalue weighted by Gasteiger charge is 2.25. The van der Waals surface area contributed by atoms with Gasteiger partial charge in [-0.2, -0.15) is 0 Å². The summed E-state index contributed by atoms with van der Waals surface area (Å²) in [6.45, 7) is 1.35. The summed E-state index contributed by atoms with van der Waals surface area (Å²) in [7, 11) is -3.85. The zero-order valence-corrected chi connectivity index (χ0v) is 14.2. The van der Waals surface area contributed by atoms with Crippen molar-refractivity contribution in [2.24, 2.45) is 5.14 Å². The Labute approximate surface area is 144 Å². The molecule has 1 atom stereocenters. The lowest BCUT2D eigenvalue weighted by Crippen LogP contribution is -2.27. The van der Waals surface area contributed by atoms with Gasteiger partial charge in [0.1, 0.15) is 16.5 Å². The zero-order valence-electron chi connectivity index (χ0n) is 12.6. The van der Waals surface area contributed by atoms with Crippen LogP contribution in [0.1, 0.15) is 6.42 Å². The number of halogens is 2. The van der Waals surface area contributed by atoms with Gasteiger partial charge in [-0.15, -0.1) is 0 Å². The van der Waals surface area contributed by atoms with Crippen LogP contribution in [0.3, 0.4) is 0 Å². The van der Waals surface area contributed by atoms with E-state index in [9.17, 15) is 12.8 Å². The second-order valence-corrected chi connectivity index (χ2v) is 7.51. The van der Waals surface area contributed by atoms with Gasteiger partial charge in [-0.3, -0.25) is 0 Å². The average molecular weight is 371 g/mol. The summed E-state index contributed by atoms with van der Waals surface area (Å²) in [4.78, 5) is 6.08. The Morgan fingerprint density at radius 2 is 2.17 bits per heavy atom. The number of rotatable bonds is 4. The molecule has 3 N–H and O–H groups in total. The fraction of sp³-hybridized carbons (Fsp3) is 0.267. The van der Waals surface area contributed by atoms with E-state index < -0.39 is 15.8 Å². The maximum Gasteiger partial charge on any atom is 0.241 e. The summed E-state index contributed by atoms with van der Waals surface area (Å²) < 4.78 is 36.5. The van der Waals surface area contributed by atoms with Gasteiger partial charge in [0.2, 0.25) is 10.0 Å². The number of hydrogen-bond acceptors (Lipinski definition) is 5. The Kier molecular flexibility index (Phi) is 4.62. The molecule has 3 rings (SSSR count). The first kappa shape index (κ1) is 16.9. The highest BCUT2D eigenvalue weighted by molar-refractivity contribution is 7.89. The summed E-state index contributed by atoms with van der Waals surface area (Å²) in [5.74, 6) is -0.218. The van der Waals surface area contributed by atoms with Gasteiger partial charge in [0.05, 0.1) is 5.02 Å². The van der Waals surface area contributed by atoms with Crippen LogP contribution in [-0.2, 0) is 10.0 Å². The van der Waals surface area contributed by atoms with Crippen LogP contribution >= 0.6 is 11.6 Å². The van der Waals surface area contributed by atoms with Crippen molar-refractivity contribution in [3.8, 4) is 0 Å². The number of hydrogen-bond donors (Lipinski definition) is 2. The van der Waals surface area contributed by atoms with E-state index in [0.29, 0.717) is 6.54 Å². The van der Waals surface area contributed by atoms with Crippen molar-refractivity contribution in [2.45, 2.75) is 17.4 Å². The Morgan fingerprint density at radius 1 is 1.38 bits per heavy atom. The van der Waals surface area contributed by atoms with Crippen molar-refractivity contribution in [1.29, 1.82) is 0 Å². The summed E-state index contributed by atoms with van der Waals surface area (Å²) >= 11 is 5.82. The van der Waals surface area contributed by atoms with Crippen LogP contribution in [0.5, 0.6) is 0 Å². The molecule has 0 saturated carbocycles. The second-order valence-electron chi connectivity index (χ2n) is 5.57. The van der Waals surface area contributed by atoms with Crippen molar-refractivity contribution in [3.05, 3.63) is 47.4 Å². The molecular weight excluding hydrogens is 355 g/mol. The predicted octanol–water partition coefficient (Wildman–Crippen LogP) is 2.21. The molecule has 0 radical (unpaired) electrons. The smallest absolute Gasteiger partial charge is 0.241 e. The van der Waals surface area contributed by atoms with E-state index in [1.54, 1.807) is 12.1 Å². The maximum absolute atomic E-state index is 13.3. The Hall–Kier alpha value is -1.90. The molecule has 1 unspecified atom stereocenters. The molecular formula is C15H16ClFN4O2S. The molecule has 1 aromatic carbocycles. The number of pyridine rings is 1. The molecule has 9 heteroatoms. The third-order valence-corrected chi connectivity index (χ3v) is 5.11. The number of anilines is 2. The van der Waals surface area contributed by atoms with Crippen molar-refractivity contribution in [1.82, 2.24) is 4.98 Å². The maximum atomic E-state index is 13.3. The number of primary sulfonamides is 1. The van der Waals surface area contributed by atoms with Crippen molar-refractivity contribution in [3.63, 3.8) is 0 Å². The lowest BCUT2D eigenvalue weighted by Gasteiger charge is -2.20. The first-order chi connectivity index (χ1) is 11.3. The van der Waals surface area contributed by atoms with E-state index in [4.69, 9.17) is 16.7 Å². The minimum atomic E-state index is -3.85. The summed E-state index contributed by atoms with van der Waals surface area (Å²) in [6.07, 6.45) is 2.28. The molecule has 0 aliphatic carbocycles. The van der Waals surface area contributed by atoms with Crippen LogP contribution in [0.2, 0.25) is 5.02 Å². The largest absolute Gasteiger partial charge is 0.369 e. The third kappa shape index (κ3) is 3.61. The van der Waals surface area contributed by atoms with Gasteiger partial charge in [-0.1, -0.05) is 11.6 Å². The molecule has 24 heavy (non-hydrogen) atoms. The number of nitrogens with one attached hydrogen (secondary N) is 1. The van der Waals surface area contributed by atoms with Gasteiger partial charge in [-0.05, 0) is 36.8 Å². The Morgan fingerprint density at radius 3 is 2.88 bits per heavy atom. The monoisotopic (exact) mass is 370 g/mol. The van der Waals surface area contributed by atoms with Gasteiger partial charge < -0.3 is 10.2 Å². The van der Waals surface area contributed by atoms with Crippen LogP contribution < -0.4 is 15.4 Å². The van der Waals surface area contributed by atoms with Crippen molar-refractivity contribution >= 4 is 33.1 Å². The third-order valence-electron chi connectivity index (χ3n) is 3.87. The number of nitrogens with zero attached hydrogens (tertiary/aromatic N) is 2. The van der Waals surface area contributed by atoms with Crippen LogP contribution in [0, 0.1) is 5.82 Å². The minimum Gasteiger partial charge on any atom is -0.369 e. The molecule has 1 aliphatic rings. The molecule has 1 fully saturated rings. The second kappa shape index (κ2) is 6.54. The fourth-order valence-electron chi connectivity index (χ4n) is 2.72. The van der Waals surface area contributed by atoms with E-state index in [1.807, 2.05) is 4.90 Å². The highest BCUT2D eigenvalue weighted by atomic mass is 35.5. The summed E-state index contributed by atoms with van der Waals surface area (Å²) in [5.41, 5.74) is 0.818. The van der Waals surface area contributed by atoms with E-state index in [0.717, 1.165) is 18.7 Å². The van der Waals surface area contributed by atoms with E-state index in [-0.39, 0.29) is 21.8 Å². The number of aromatic nitrogens is 1. The molecule has 0 spiro atoms. The zero-order chi connectivity index (χ0) is 17.3. The predicted molar refractivity (Wildman–Crippen MR) is 91.3 cm³/mol. The molecule has 2 aromatic rings. The van der Waals surface area contributed by atoms with E-state index in [2.05, 4.69) is 10.3 Å². The first-order valence-electron chi connectivity index (χ1n) is 7.29. The molecule has 0 amide bonds. The Bertz CT molecular complexity index is 862. The quantitative estimate of drug-likeness (QED) is 0.861. The normalized spacial score (nSPS) is 18.0. The lowest BCUT2D eigenvalue weighted by atomic mass is 10.2. The molecule has 1 saturated heterocycles. The Balaban J connectivity index is 1.74. The number of sulfonamides is 1. The standard InChI is InChI=1S/C15H16ClFN4O2S/c16-12-8-11(3-4-13(12)17)21-7-5-10(9-21)20-15-14(24(18,22)23)2-1-6-19-15/h1-4,6,8,10H,5,7,9H2,(H,19,20)(H2,18,22,23). The molecule has 128 valence electrons. The average Bonchev–Trinajstić information content (AvgIpc) is 2.98. The van der Waals surface area contributed by atoms with Crippen molar-refractivity contribution in [2.75, 3.05) is 23.3 Å². The SMILES string of the molecule is NS(=O)(=O)c1cccnc1NC1CCN(c2ccc(F)c(Cl)c2)C1. The lowest BCUT2D eigenvalue weighted by molar-refractivity contribution is 0.597. The van der Waals surface area contributed by atoms with E-state index in [1.165, 1.54) is 24.4 Å². The first-order valence-corrected chi connectivity index (χ1v) is 9.21. The molecule has 6 nitrogen and oxygen atoms in total. The van der Waals surface area contributed by atoms with Gasteiger partial charge in [-0.25, -0.2) is 22.9 Å². The van der Waals surface area contributed by atoms with Crippen LogP contribution in [-0.4, -0.2) is 32.5 Å². The van der Waals surface area contributed by atoms with Crippen LogP contribution in [0.4, 0.5) is 15.9 Å². The molecule has 2 heterocycles. The number of nitrogens with two attached hydrogens (primary N) is 1. The summed E-state index contributed by atoms with van der Waals surface area (Å²) in [5, 5.41) is 8.41. The summed E-state index contributed by atoms with van der Waals surface area (Å²) in [6, 6.07) is 7.50. The van der Waals surface area contributed by atoms with Gasteiger partial charge in [0.15, 0.2) is 0 Å². The topological polar surface area (TPSA) is 88.3 Å². The number of benzene rings is 1. The van der Waals surface area contributed by atoms with E-state index >= 15 is 0 Å². The van der Waals surface area contributed by atoms with Gasteiger partial charge >= 0.3 is 0 Å². The van der Waals surface area contributed by atoms with Crippen molar-refractivity contribution < 1.29 is 12.8 Å². The molecule has 1 aliphatic heterocycles. The van der Waals surface area contributed by atoms with Crippen LogP contribution in [0.25, 0.3) is 0 Å².